The Balaban J connectivity index is 1.16. The highest BCUT2D eigenvalue weighted by Gasteiger charge is 2.36. The lowest BCUT2D eigenvalue weighted by Gasteiger charge is -2.46. The van der Waals surface area contributed by atoms with E-state index < -0.39 is 25.7 Å². The van der Waals surface area contributed by atoms with Gasteiger partial charge in [0.15, 0.2) is 0 Å². The molecular weight excluding hydrogens is 487 g/mol. The second-order valence-electron chi connectivity index (χ2n) is 10.9. The number of aromatic nitrogens is 2. The molecule has 2 heterocycles. The van der Waals surface area contributed by atoms with Crippen molar-refractivity contribution < 1.29 is 22.8 Å². The number of alkyl halides is 3. The lowest BCUT2D eigenvalue weighted by Crippen LogP contribution is -2.63. The average Bonchev–Trinajstić information content (AvgIpc) is 3.30. The van der Waals surface area contributed by atoms with Gasteiger partial charge in [0.2, 0.25) is 5.91 Å². The first-order chi connectivity index (χ1) is 16.9. The van der Waals surface area contributed by atoms with Crippen molar-refractivity contribution in [1.82, 2.24) is 25.3 Å². The molecule has 0 bridgehead atoms. The van der Waals surface area contributed by atoms with Crippen LogP contribution in [0.3, 0.4) is 0 Å². The predicted molar refractivity (Wildman–Crippen MR) is 134 cm³/mol. The van der Waals surface area contributed by atoms with Crippen molar-refractivity contribution in [2.45, 2.75) is 69.6 Å². The fourth-order valence-corrected chi connectivity index (χ4v) is 5.86. The fraction of sp³-hybridized carbons (Fsp3) is 0.560. The highest BCUT2D eigenvalue weighted by Crippen LogP contribution is 2.32. The van der Waals surface area contributed by atoms with Gasteiger partial charge in [0.25, 0.3) is 5.91 Å². The third-order valence-electron chi connectivity index (χ3n) is 7.16. The Hall–Kier alpha value is -2.66. The summed E-state index contributed by atoms with van der Waals surface area (Å²) in [5.41, 5.74) is -1.03. The van der Waals surface area contributed by atoms with Crippen molar-refractivity contribution in [3.8, 4) is 0 Å². The summed E-state index contributed by atoms with van der Waals surface area (Å²) in [6.45, 7) is 8.24. The Morgan fingerprint density at radius 1 is 1.08 bits per heavy atom. The standard InChI is InChI=1S/C25H34F3N5O2Si/c1-36(2,3)22-12-30-33(16-22)21-9-7-20(8-10-21)32-14-19(15-32)31-23(34)13-29-24(35)17-5-4-6-18(11-17)25(26,27)28/h4-6,11-12,16,19-21H,7-10,13-15H2,1-3H3,(H,29,35)(H,31,34). The fourth-order valence-electron chi connectivity index (χ4n) is 4.89. The smallest absolute Gasteiger partial charge is 0.349 e. The molecule has 1 saturated carbocycles. The molecule has 1 aromatic heterocycles. The minimum Gasteiger partial charge on any atom is -0.349 e. The first-order valence-corrected chi connectivity index (χ1v) is 15.9. The van der Waals surface area contributed by atoms with Crippen LogP contribution in [0.4, 0.5) is 13.2 Å². The topological polar surface area (TPSA) is 79.3 Å². The van der Waals surface area contributed by atoms with E-state index in [1.54, 1.807) is 0 Å². The first-order valence-electron chi connectivity index (χ1n) is 12.4. The summed E-state index contributed by atoms with van der Waals surface area (Å²) in [7, 11) is -1.35. The molecule has 2 N–H and O–H groups in total. The van der Waals surface area contributed by atoms with E-state index in [-0.39, 0.29) is 24.1 Å². The number of halogens is 3. The number of hydrogen-bond acceptors (Lipinski definition) is 4. The van der Waals surface area contributed by atoms with Crippen molar-refractivity contribution in [1.29, 1.82) is 0 Å². The Morgan fingerprint density at radius 3 is 2.36 bits per heavy atom. The largest absolute Gasteiger partial charge is 0.416 e. The minimum atomic E-state index is -4.53. The number of rotatable bonds is 7. The molecule has 0 atom stereocenters. The lowest BCUT2D eigenvalue weighted by molar-refractivity contribution is -0.137. The molecule has 2 aromatic rings. The van der Waals surface area contributed by atoms with Crippen LogP contribution in [0.2, 0.25) is 19.6 Å². The number of nitrogens with one attached hydrogen (secondary N) is 2. The van der Waals surface area contributed by atoms with Gasteiger partial charge < -0.3 is 10.6 Å². The molecule has 1 aliphatic heterocycles. The summed E-state index contributed by atoms with van der Waals surface area (Å²) in [4.78, 5) is 26.8. The van der Waals surface area contributed by atoms with E-state index in [2.05, 4.69) is 51.2 Å². The van der Waals surface area contributed by atoms with Gasteiger partial charge in [-0.2, -0.15) is 18.3 Å². The molecule has 2 fully saturated rings. The minimum absolute atomic E-state index is 0.0195. The van der Waals surface area contributed by atoms with Crippen molar-refractivity contribution in [3.63, 3.8) is 0 Å². The molecule has 1 saturated heterocycles. The van der Waals surface area contributed by atoms with Gasteiger partial charge in [0, 0.05) is 37.1 Å². The van der Waals surface area contributed by atoms with Crippen LogP contribution < -0.4 is 15.8 Å². The maximum absolute atomic E-state index is 12.8. The Bertz CT molecular complexity index is 1080. The third kappa shape index (κ3) is 6.36. The Labute approximate surface area is 210 Å². The third-order valence-corrected chi connectivity index (χ3v) is 9.15. The van der Waals surface area contributed by atoms with Crippen LogP contribution in [0.1, 0.15) is 47.6 Å². The van der Waals surface area contributed by atoms with E-state index in [1.165, 1.54) is 17.3 Å². The molecule has 11 heteroatoms. The van der Waals surface area contributed by atoms with Crippen molar-refractivity contribution in [3.05, 3.63) is 47.8 Å². The van der Waals surface area contributed by atoms with Crippen molar-refractivity contribution in [2.75, 3.05) is 19.6 Å². The van der Waals surface area contributed by atoms with Crippen LogP contribution in [-0.2, 0) is 11.0 Å². The highest BCUT2D eigenvalue weighted by atomic mass is 28.3. The second kappa shape index (κ2) is 10.4. The molecule has 196 valence electrons. The Kier molecular flexibility index (Phi) is 7.61. The summed E-state index contributed by atoms with van der Waals surface area (Å²) in [5, 5.41) is 11.3. The van der Waals surface area contributed by atoms with E-state index in [1.807, 2.05) is 6.20 Å². The van der Waals surface area contributed by atoms with Gasteiger partial charge >= 0.3 is 6.18 Å². The molecule has 1 aromatic carbocycles. The number of likely N-dealkylation sites (tertiary alicyclic amines) is 1. The number of carbonyl (C=O) groups is 2. The average molecular weight is 522 g/mol. The van der Waals surface area contributed by atoms with Gasteiger partial charge in [-0.3, -0.25) is 19.2 Å². The van der Waals surface area contributed by atoms with E-state index >= 15 is 0 Å². The summed E-state index contributed by atoms with van der Waals surface area (Å²) in [6.07, 6.45) is 4.11. The van der Waals surface area contributed by atoms with E-state index in [9.17, 15) is 22.8 Å². The number of nitrogens with zero attached hydrogens (tertiary/aromatic N) is 3. The normalized spacial score (nSPS) is 21.6. The van der Waals surface area contributed by atoms with Gasteiger partial charge in [0.05, 0.1) is 32.3 Å². The molecule has 0 unspecified atom stereocenters. The van der Waals surface area contributed by atoms with Crippen LogP contribution in [-0.4, -0.2) is 66.3 Å². The summed E-state index contributed by atoms with van der Waals surface area (Å²) >= 11 is 0. The maximum Gasteiger partial charge on any atom is 0.416 e. The predicted octanol–water partition coefficient (Wildman–Crippen LogP) is 3.16. The zero-order valence-corrected chi connectivity index (χ0v) is 21.9. The molecule has 1 aliphatic carbocycles. The van der Waals surface area contributed by atoms with Gasteiger partial charge in [-0.05, 0) is 49.1 Å². The summed E-state index contributed by atoms with van der Waals surface area (Å²) < 4.78 is 40.7. The zero-order valence-electron chi connectivity index (χ0n) is 20.9. The summed E-state index contributed by atoms with van der Waals surface area (Å²) in [5.74, 6) is -1.06. The molecule has 0 spiro atoms. The number of carbonyl (C=O) groups excluding carboxylic acids is 2. The first kappa shape index (κ1) is 26.4. The van der Waals surface area contributed by atoms with Crippen LogP contribution >= 0.6 is 0 Å². The molecule has 36 heavy (non-hydrogen) atoms. The number of hydrogen-bond donors (Lipinski definition) is 2. The van der Waals surface area contributed by atoms with Crippen LogP contribution in [0.15, 0.2) is 36.7 Å². The number of amides is 2. The Morgan fingerprint density at radius 2 is 1.75 bits per heavy atom. The molecule has 4 rings (SSSR count). The van der Waals surface area contributed by atoms with E-state index in [0.29, 0.717) is 12.1 Å². The van der Waals surface area contributed by atoms with Crippen molar-refractivity contribution >= 4 is 25.1 Å². The highest BCUT2D eigenvalue weighted by molar-refractivity contribution is 6.88. The molecule has 2 aliphatic rings. The van der Waals surface area contributed by atoms with Gasteiger partial charge in [-0.1, -0.05) is 25.7 Å². The maximum atomic E-state index is 12.8. The molecule has 2 amide bonds. The molecule has 7 nitrogen and oxygen atoms in total. The van der Waals surface area contributed by atoms with Crippen molar-refractivity contribution in [2.24, 2.45) is 0 Å². The quantitative estimate of drug-likeness (QED) is 0.549. The monoisotopic (exact) mass is 521 g/mol. The van der Waals surface area contributed by atoms with E-state index in [4.69, 9.17) is 0 Å². The summed E-state index contributed by atoms with van der Waals surface area (Å²) in [6, 6.07) is 5.12. The van der Waals surface area contributed by atoms with Gasteiger partial charge in [-0.15, -0.1) is 0 Å². The zero-order chi connectivity index (χ0) is 26.1. The van der Waals surface area contributed by atoms with Gasteiger partial charge in [-0.25, -0.2) is 0 Å². The van der Waals surface area contributed by atoms with Gasteiger partial charge in [0.1, 0.15) is 0 Å². The second-order valence-corrected chi connectivity index (χ2v) is 16.0. The number of benzene rings is 1. The molecule has 0 radical (unpaired) electrons. The lowest BCUT2D eigenvalue weighted by atomic mass is 9.88. The molecular formula is C25H34F3N5O2Si. The van der Waals surface area contributed by atoms with Crippen LogP contribution in [0.5, 0.6) is 0 Å². The SMILES string of the molecule is C[Si](C)(C)c1cnn(C2CCC(N3CC(NC(=O)CNC(=O)c4cccc(C(F)(F)F)c4)C3)CC2)c1. The van der Waals surface area contributed by atoms with E-state index in [0.717, 1.165) is 50.9 Å². The van der Waals surface area contributed by atoms with Crippen LogP contribution in [0.25, 0.3) is 0 Å². The van der Waals surface area contributed by atoms with Crippen LogP contribution in [0, 0.1) is 0 Å².